The maximum Gasteiger partial charge on any atom is 0.0223 e. The molecule has 0 N–H and O–H groups in total. The van der Waals surface area contributed by atoms with Gasteiger partial charge in [0.1, 0.15) is 0 Å². The standard InChI is InChI=1S/C13H28ClN/c1-12(2)10-15(11-13(3)4)9-7-5-6-8-14/h12-13H,5-11H2,1-4H3. The maximum atomic E-state index is 5.67. The van der Waals surface area contributed by atoms with Gasteiger partial charge >= 0.3 is 0 Å². The molecule has 0 aromatic carbocycles. The maximum absolute atomic E-state index is 5.67. The molecule has 0 amide bonds. The molecule has 0 spiro atoms. The van der Waals surface area contributed by atoms with Gasteiger partial charge in [0.25, 0.3) is 0 Å². The molecule has 0 atom stereocenters. The Hall–Kier alpha value is 0.250. The molecule has 0 unspecified atom stereocenters. The third kappa shape index (κ3) is 10.5. The topological polar surface area (TPSA) is 3.24 Å². The van der Waals surface area contributed by atoms with Crippen LogP contribution in [0.25, 0.3) is 0 Å². The monoisotopic (exact) mass is 233 g/mol. The van der Waals surface area contributed by atoms with E-state index in [1.165, 1.54) is 38.9 Å². The minimum atomic E-state index is 0.775. The van der Waals surface area contributed by atoms with E-state index in [1.807, 2.05) is 0 Å². The molecule has 0 heterocycles. The van der Waals surface area contributed by atoms with Crippen LogP contribution in [-0.2, 0) is 0 Å². The van der Waals surface area contributed by atoms with Gasteiger partial charge in [-0.1, -0.05) is 34.1 Å². The number of unbranched alkanes of at least 4 members (excludes halogenated alkanes) is 2. The summed E-state index contributed by atoms with van der Waals surface area (Å²) in [4.78, 5) is 2.60. The van der Waals surface area contributed by atoms with Crippen LogP contribution in [-0.4, -0.2) is 30.4 Å². The summed E-state index contributed by atoms with van der Waals surface area (Å²) in [6.07, 6.45) is 3.74. The highest BCUT2D eigenvalue weighted by Crippen LogP contribution is 2.06. The van der Waals surface area contributed by atoms with Gasteiger partial charge < -0.3 is 4.90 Å². The van der Waals surface area contributed by atoms with Crippen LogP contribution in [0.4, 0.5) is 0 Å². The van der Waals surface area contributed by atoms with Crippen molar-refractivity contribution in [3.8, 4) is 0 Å². The Bertz CT molecular complexity index is 124. The van der Waals surface area contributed by atoms with Crippen LogP contribution >= 0.6 is 11.6 Å². The molecule has 92 valence electrons. The molecule has 15 heavy (non-hydrogen) atoms. The Morgan fingerprint density at radius 3 is 1.80 bits per heavy atom. The zero-order valence-corrected chi connectivity index (χ0v) is 11.7. The van der Waals surface area contributed by atoms with Crippen molar-refractivity contribution in [3.63, 3.8) is 0 Å². The third-order valence-corrected chi connectivity index (χ3v) is 2.62. The van der Waals surface area contributed by atoms with E-state index in [2.05, 4.69) is 32.6 Å². The van der Waals surface area contributed by atoms with Crippen LogP contribution in [0.15, 0.2) is 0 Å². The fourth-order valence-corrected chi connectivity index (χ4v) is 2.09. The second kappa shape index (κ2) is 9.47. The van der Waals surface area contributed by atoms with Crippen LogP contribution in [0.2, 0.25) is 0 Å². The largest absolute Gasteiger partial charge is 0.303 e. The number of hydrogen-bond acceptors (Lipinski definition) is 1. The van der Waals surface area contributed by atoms with Crippen molar-refractivity contribution >= 4 is 11.6 Å². The molecule has 0 radical (unpaired) electrons. The molecule has 0 rings (SSSR count). The van der Waals surface area contributed by atoms with Crippen molar-refractivity contribution < 1.29 is 0 Å². The van der Waals surface area contributed by atoms with Gasteiger partial charge in [0, 0.05) is 19.0 Å². The summed E-state index contributed by atoms with van der Waals surface area (Å²) < 4.78 is 0. The second-order valence-corrected chi connectivity index (χ2v) is 5.67. The summed E-state index contributed by atoms with van der Waals surface area (Å²) in [6, 6.07) is 0. The third-order valence-electron chi connectivity index (χ3n) is 2.35. The van der Waals surface area contributed by atoms with E-state index in [0.29, 0.717) is 0 Å². The highest BCUT2D eigenvalue weighted by Gasteiger charge is 2.08. The molecule has 0 aliphatic rings. The fraction of sp³-hybridized carbons (Fsp3) is 1.00. The van der Waals surface area contributed by atoms with Crippen molar-refractivity contribution in [2.75, 3.05) is 25.5 Å². The Kier molecular flexibility index (Phi) is 9.63. The number of alkyl halides is 1. The van der Waals surface area contributed by atoms with Crippen LogP contribution in [0.5, 0.6) is 0 Å². The van der Waals surface area contributed by atoms with Gasteiger partial charge in [0.15, 0.2) is 0 Å². The minimum absolute atomic E-state index is 0.775. The predicted molar refractivity (Wildman–Crippen MR) is 70.7 cm³/mol. The molecule has 0 saturated carbocycles. The molecule has 2 heteroatoms. The fourth-order valence-electron chi connectivity index (χ4n) is 1.90. The lowest BCUT2D eigenvalue weighted by Crippen LogP contribution is -2.32. The summed E-state index contributed by atoms with van der Waals surface area (Å²) in [7, 11) is 0. The second-order valence-electron chi connectivity index (χ2n) is 5.30. The quantitative estimate of drug-likeness (QED) is 0.430. The van der Waals surface area contributed by atoms with E-state index in [4.69, 9.17) is 11.6 Å². The number of hydrogen-bond donors (Lipinski definition) is 0. The Balaban J connectivity index is 3.69. The Morgan fingerprint density at radius 2 is 1.40 bits per heavy atom. The van der Waals surface area contributed by atoms with E-state index in [1.54, 1.807) is 0 Å². The van der Waals surface area contributed by atoms with E-state index in [0.717, 1.165) is 17.7 Å². The SMILES string of the molecule is CC(C)CN(CCCCCCl)CC(C)C. The van der Waals surface area contributed by atoms with Crippen molar-refractivity contribution in [1.29, 1.82) is 0 Å². The lowest BCUT2D eigenvalue weighted by atomic mass is 10.1. The zero-order valence-electron chi connectivity index (χ0n) is 10.9. The van der Waals surface area contributed by atoms with E-state index >= 15 is 0 Å². The molecule has 1 nitrogen and oxygen atoms in total. The van der Waals surface area contributed by atoms with Crippen LogP contribution in [0, 0.1) is 11.8 Å². The van der Waals surface area contributed by atoms with E-state index < -0.39 is 0 Å². The predicted octanol–water partition coefficient (Wildman–Crippen LogP) is 4.01. The van der Waals surface area contributed by atoms with E-state index in [-0.39, 0.29) is 0 Å². The van der Waals surface area contributed by atoms with Gasteiger partial charge in [-0.3, -0.25) is 0 Å². The first-order valence-corrected chi connectivity index (χ1v) is 6.88. The first-order chi connectivity index (χ1) is 7.06. The molecule has 0 bridgehead atoms. The molecule has 0 aromatic heterocycles. The van der Waals surface area contributed by atoms with Crippen LogP contribution in [0.1, 0.15) is 47.0 Å². The number of halogens is 1. The van der Waals surface area contributed by atoms with Crippen molar-refractivity contribution in [1.82, 2.24) is 4.90 Å². The molecule has 0 aliphatic heterocycles. The van der Waals surface area contributed by atoms with Gasteiger partial charge in [-0.05, 0) is 31.2 Å². The molecule has 0 aliphatic carbocycles. The van der Waals surface area contributed by atoms with Crippen molar-refractivity contribution in [2.24, 2.45) is 11.8 Å². The van der Waals surface area contributed by atoms with Crippen LogP contribution in [0.3, 0.4) is 0 Å². The normalized spacial score (nSPS) is 12.0. The number of rotatable bonds is 9. The van der Waals surface area contributed by atoms with Gasteiger partial charge in [0.2, 0.25) is 0 Å². The zero-order chi connectivity index (χ0) is 11.7. The van der Waals surface area contributed by atoms with Gasteiger partial charge in [-0.15, -0.1) is 11.6 Å². The molecular weight excluding hydrogens is 206 g/mol. The summed E-state index contributed by atoms with van der Waals surface area (Å²) >= 11 is 5.67. The van der Waals surface area contributed by atoms with E-state index in [9.17, 15) is 0 Å². The van der Waals surface area contributed by atoms with Crippen LogP contribution < -0.4 is 0 Å². The van der Waals surface area contributed by atoms with Gasteiger partial charge in [-0.2, -0.15) is 0 Å². The summed E-state index contributed by atoms with van der Waals surface area (Å²) in [5.41, 5.74) is 0. The van der Waals surface area contributed by atoms with Gasteiger partial charge in [0.05, 0.1) is 0 Å². The molecule has 0 fully saturated rings. The lowest BCUT2D eigenvalue weighted by molar-refractivity contribution is 0.215. The molecule has 0 saturated heterocycles. The lowest BCUT2D eigenvalue weighted by Gasteiger charge is -2.26. The van der Waals surface area contributed by atoms with Gasteiger partial charge in [-0.25, -0.2) is 0 Å². The Labute approximate surface area is 101 Å². The summed E-state index contributed by atoms with van der Waals surface area (Å²) in [6.45, 7) is 12.9. The highest BCUT2D eigenvalue weighted by molar-refractivity contribution is 6.17. The average Bonchev–Trinajstić information content (AvgIpc) is 2.10. The average molecular weight is 234 g/mol. The molecule has 0 aromatic rings. The minimum Gasteiger partial charge on any atom is -0.303 e. The summed E-state index contributed by atoms with van der Waals surface area (Å²) in [5, 5.41) is 0. The van der Waals surface area contributed by atoms with Crippen molar-refractivity contribution in [3.05, 3.63) is 0 Å². The van der Waals surface area contributed by atoms with Crippen molar-refractivity contribution in [2.45, 2.75) is 47.0 Å². The highest BCUT2D eigenvalue weighted by atomic mass is 35.5. The summed E-state index contributed by atoms with van der Waals surface area (Å²) in [5.74, 6) is 2.36. The molecular formula is C13H28ClN. The Morgan fingerprint density at radius 1 is 0.867 bits per heavy atom. The first-order valence-electron chi connectivity index (χ1n) is 6.34. The number of nitrogens with zero attached hydrogens (tertiary/aromatic N) is 1. The smallest absolute Gasteiger partial charge is 0.0223 e. The first kappa shape index (κ1) is 15.2.